The second kappa shape index (κ2) is 9.26. The summed E-state index contributed by atoms with van der Waals surface area (Å²) in [5.41, 5.74) is -6.10. The third kappa shape index (κ3) is 4.20. The normalized spacial score (nSPS) is 20.6. The van der Waals surface area contributed by atoms with Gasteiger partial charge >= 0.3 is 35.8 Å². The van der Waals surface area contributed by atoms with Crippen molar-refractivity contribution in [3.05, 3.63) is 71.8 Å². The molecule has 37 heavy (non-hydrogen) atoms. The van der Waals surface area contributed by atoms with Gasteiger partial charge in [0.2, 0.25) is 0 Å². The highest BCUT2D eigenvalue weighted by Gasteiger charge is 2.48. The van der Waals surface area contributed by atoms with E-state index in [9.17, 15) is 59.4 Å². The molecule has 0 saturated heterocycles. The predicted molar refractivity (Wildman–Crippen MR) is 120 cm³/mol. The van der Waals surface area contributed by atoms with Gasteiger partial charge in [-0.3, -0.25) is 28.8 Å². The van der Waals surface area contributed by atoms with E-state index in [4.69, 9.17) is 0 Å². The van der Waals surface area contributed by atoms with Crippen molar-refractivity contribution in [2.24, 2.45) is 16.2 Å². The van der Waals surface area contributed by atoms with Gasteiger partial charge in [0.15, 0.2) is 16.2 Å². The van der Waals surface area contributed by atoms with Crippen LogP contribution < -0.4 is 0 Å². The number of hydrogen-bond acceptors (Lipinski definition) is 7. The van der Waals surface area contributed by atoms with E-state index in [1.54, 1.807) is 0 Å². The zero-order valence-corrected chi connectivity index (χ0v) is 18.9. The monoisotopic (exact) mass is 515 g/mol. The van der Waals surface area contributed by atoms with Gasteiger partial charge in [-0.25, -0.2) is 0 Å². The summed E-state index contributed by atoms with van der Waals surface area (Å²) in [6, 6.07) is 0. The van der Waals surface area contributed by atoms with Gasteiger partial charge in [0.1, 0.15) is 0 Å². The molecule has 3 aliphatic carbocycles. The molecule has 0 bridgehead atoms. The first-order valence-electron chi connectivity index (χ1n) is 10.6. The lowest BCUT2D eigenvalue weighted by Gasteiger charge is -2.36. The molecule has 3 rings (SSSR count). The topological polar surface area (TPSA) is 227 Å². The van der Waals surface area contributed by atoms with E-state index >= 15 is 0 Å². The quantitative estimate of drug-likeness (QED) is 0.238. The maximum atomic E-state index is 11.7. The fourth-order valence-electron chi connectivity index (χ4n) is 4.06. The summed E-state index contributed by atoms with van der Waals surface area (Å²) in [7, 11) is 0. The molecule has 194 valence electrons. The van der Waals surface area contributed by atoms with Gasteiger partial charge in [-0.15, -0.1) is 0 Å². The highest BCUT2D eigenvalue weighted by molar-refractivity contribution is 6.02. The van der Waals surface area contributed by atoms with Crippen LogP contribution in [-0.4, -0.2) is 71.4 Å². The summed E-state index contributed by atoms with van der Waals surface area (Å²) >= 11 is 0. The van der Waals surface area contributed by atoms with Gasteiger partial charge in [0.25, 0.3) is 0 Å². The average molecular weight is 515 g/mol. The first-order chi connectivity index (χ1) is 17.2. The number of carboxylic acid groups (broad SMARTS) is 6. The maximum absolute atomic E-state index is 11.7. The number of nitrogens with zero attached hydrogens (tertiary/aromatic N) is 1. The zero-order valence-electron chi connectivity index (χ0n) is 18.9. The Morgan fingerprint density at radius 2 is 0.703 bits per heavy atom. The highest BCUT2D eigenvalue weighted by Crippen LogP contribution is 2.40. The van der Waals surface area contributed by atoms with Crippen LogP contribution in [0.25, 0.3) is 0 Å². The highest BCUT2D eigenvalue weighted by atomic mass is 16.4. The van der Waals surface area contributed by atoms with Gasteiger partial charge in [0.05, 0.1) is 0 Å². The van der Waals surface area contributed by atoms with Crippen LogP contribution in [0.3, 0.4) is 0 Å². The summed E-state index contributed by atoms with van der Waals surface area (Å²) in [5, 5.41) is 56.8. The maximum Gasteiger partial charge on any atom is 0.325 e. The lowest BCUT2D eigenvalue weighted by molar-refractivity contribution is -0.162. The van der Waals surface area contributed by atoms with E-state index in [0.717, 1.165) is 18.2 Å². The van der Waals surface area contributed by atoms with E-state index in [0.29, 0.717) is 0 Å². The Kier molecular flexibility index (Phi) is 6.67. The van der Waals surface area contributed by atoms with Crippen LogP contribution in [0.1, 0.15) is 19.3 Å². The molecular weight excluding hydrogens is 494 g/mol. The van der Waals surface area contributed by atoms with Gasteiger partial charge in [0, 0.05) is 17.1 Å². The van der Waals surface area contributed by atoms with Crippen LogP contribution in [0, 0.1) is 16.2 Å². The Bertz CT molecular complexity index is 1090. The van der Waals surface area contributed by atoms with Crippen LogP contribution in [0.5, 0.6) is 0 Å². The molecule has 13 nitrogen and oxygen atoms in total. The van der Waals surface area contributed by atoms with Crippen LogP contribution in [0.2, 0.25) is 0 Å². The summed E-state index contributed by atoms with van der Waals surface area (Å²) in [5.74, 6) is -9.63. The number of hydrogen-bond donors (Lipinski definition) is 6. The van der Waals surface area contributed by atoms with Crippen molar-refractivity contribution in [2.45, 2.75) is 19.3 Å². The van der Waals surface area contributed by atoms with Gasteiger partial charge < -0.3 is 35.5 Å². The van der Waals surface area contributed by atoms with Crippen molar-refractivity contribution in [1.29, 1.82) is 0 Å². The van der Waals surface area contributed by atoms with Crippen molar-refractivity contribution in [1.82, 2.24) is 4.90 Å². The van der Waals surface area contributed by atoms with Gasteiger partial charge in [-0.2, -0.15) is 0 Å². The third-order valence-corrected chi connectivity index (χ3v) is 6.58. The minimum absolute atomic E-state index is 0.209. The fraction of sp³-hybridized carbons (Fsp3) is 0.250. The number of allylic oxidation sites excluding steroid dienone is 6. The van der Waals surface area contributed by atoms with Crippen molar-refractivity contribution in [3.63, 3.8) is 0 Å². The Balaban J connectivity index is 2.08. The predicted octanol–water partition coefficient (Wildman–Crippen LogP) is 1.29. The Hall–Kier alpha value is -4.94. The molecule has 0 radical (unpaired) electrons. The molecule has 0 unspecified atom stereocenters. The molecule has 0 heterocycles. The van der Waals surface area contributed by atoms with Crippen molar-refractivity contribution < 1.29 is 59.4 Å². The molecule has 0 saturated carbocycles. The lowest BCUT2D eigenvalue weighted by Crippen LogP contribution is -2.41. The van der Waals surface area contributed by atoms with Crippen molar-refractivity contribution in [3.8, 4) is 0 Å². The SMILES string of the molecule is O=C(O)C1(C(=O)O)C=CC(N(C2=CCC(C(=O)O)(C(=O)O)C=C2)C2=CCC(C(=O)O)(C(=O)O)C=C2)=CC1. The first-order valence-corrected chi connectivity index (χ1v) is 10.6. The van der Waals surface area contributed by atoms with Gasteiger partial charge in [-0.05, 0) is 37.5 Å². The summed E-state index contributed by atoms with van der Waals surface area (Å²) in [6.45, 7) is 0. The van der Waals surface area contributed by atoms with E-state index in [1.807, 2.05) is 0 Å². The second-order valence-corrected chi connectivity index (χ2v) is 8.58. The summed E-state index contributed by atoms with van der Waals surface area (Å²) < 4.78 is 0. The molecular formula is C24H21NO12. The molecule has 0 aromatic rings. The lowest BCUT2D eigenvalue weighted by atomic mass is 9.79. The molecule has 0 amide bonds. The third-order valence-electron chi connectivity index (χ3n) is 6.58. The number of aliphatic carboxylic acids is 6. The van der Waals surface area contributed by atoms with Crippen LogP contribution in [-0.2, 0) is 28.8 Å². The number of carbonyl (C=O) groups is 6. The largest absolute Gasteiger partial charge is 0.480 e. The van der Waals surface area contributed by atoms with Crippen LogP contribution in [0.4, 0.5) is 0 Å². The zero-order chi connectivity index (χ0) is 27.8. The van der Waals surface area contributed by atoms with Gasteiger partial charge in [-0.1, -0.05) is 36.5 Å². The van der Waals surface area contributed by atoms with Crippen LogP contribution >= 0.6 is 0 Å². The summed E-state index contributed by atoms with van der Waals surface area (Å²) in [6.07, 6.45) is 8.90. The first kappa shape index (κ1) is 26.7. The molecule has 0 aromatic carbocycles. The summed E-state index contributed by atoms with van der Waals surface area (Å²) in [4.78, 5) is 71.3. The molecule has 0 aromatic heterocycles. The standard InChI is InChI=1S/C24H21NO12/c26-16(27)22(17(28)29)7-1-13(2-8-22)25(14-3-9-23(10-4-14,18(30)31)19(32)33)15-5-11-24(12-6-15,20(34)35)21(36)37/h1-7,9,11H,8,10,12H2,(H,26,27)(H,28,29)(H,30,31)(H,32,33)(H,34,35)(H,36,37). The van der Waals surface area contributed by atoms with Crippen molar-refractivity contribution >= 4 is 35.8 Å². The van der Waals surface area contributed by atoms with E-state index in [-0.39, 0.29) is 17.1 Å². The second-order valence-electron chi connectivity index (χ2n) is 8.58. The minimum Gasteiger partial charge on any atom is -0.480 e. The molecule has 0 fully saturated rings. The molecule has 0 aliphatic heterocycles. The minimum atomic E-state index is -2.24. The Labute approximate surface area is 207 Å². The van der Waals surface area contributed by atoms with E-state index in [1.165, 1.54) is 41.4 Å². The number of rotatable bonds is 9. The van der Waals surface area contributed by atoms with E-state index < -0.39 is 71.3 Å². The smallest absolute Gasteiger partial charge is 0.325 e. The average Bonchev–Trinajstić information content (AvgIpc) is 2.84. The molecule has 0 spiro atoms. The van der Waals surface area contributed by atoms with E-state index in [2.05, 4.69) is 0 Å². The fourth-order valence-corrected chi connectivity index (χ4v) is 4.06. The Morgan fingerprint density at radius 3 is 0.838 bits per heavy atom. The number of carboxylic acids is 6. The van der Waals surface area contributed by atoms with Crippen LogP contribution in [0.15, 0.2) is 71.8 Å². The molecule has 13 heteroatoms. The van der Waals surface area contributed by atoms with Crippen molar-refractivity contribution in [2.75, 3.05) is 0 Å². The molecule has 0 atom stereocenters. The molecule has 6 N–H and O–H groups in total. The Morgan fingerprint density at radius 1 is 0.486 bits per heavy atom. The molecule has 3 aliphatic rings.